The van der Waals surface area contributed by atoms with Crippen molar-refractivity contribution >= 4 is 24.8 Å². The summed E-state index contributed by atoms with van der Waals surface area (Å²) in [5, 5.41) is 3.47. The van der Waals surface area contributed by atoms with Crippen LogP contribution in [0.25, 0.3) is 0 Å². The lowest BCUT2D eigenvalue weighted by Crippen LogP contribution is -2.46. The summed E-state index contributed by atoms with van der Waals surface area (Å²) in [5.74, 6) is 1.79. The van der Waals surface area contributed by atoms with Crippen LogP contribution in [0.2, 0.25) is 0 Å². The van der Waals surface area contributed by atoms with Gasteiger partial charge in [-0.05, 0) is 36.5 Å². The third-order valence-electron chi connectivity index (χ3n) is 4.85. The van der Waals surface area contributed by atoms with E-state index in [1.807, 2.05) is 0 Å². The molecule has 1 N–H and O–H groups in total. The molecule has 3 nitrogen and oxygen atoms in total. The monoisotopic (exact) mass is 346 g/mol. The lowest BCUT2D eigenvalue weighted by Gasteiger charge is -2.38. The van der Waals surface area contributed by atoms with Crippen molar-refractivity contribution in [3.05, 3.63) is 29.8 Å². The number of halogens is 2. The van der Waals surface area contributed by atoms with Gasteiger partial charge in [-0.15, -0.1) is 24.8 Å². The topological polar surface area (TPSA) is 24.5 Å². The number of benzene rings is 1. The number of rotatable bonds is 4. The molecule has 1 atom stereocenters. The number of hydrogen-bond acceptors (Lipinski definition) is 3. The fourth-order valence-corrected chi connectivity index (χ4v) is 3.82. The summed E-state index contributed by atoms with van der Waals surface area (Å²) in [6.45, 7) is 4.60. The first-order chi connectivity index (χ1) is 9.88. The third-order valence-corrected chi connectivity index (χ3v) is 4.85. The maximum atomic E-state index is 5.30. The molecule has 0 unspecified atom stereocenters. The van der Waals surface area contributed by atoms with E-state index in [0.717, 1.165) is 24.8 Å². The molecule has 1 heterocycles. The zero-order valence-corrected chi connectivity index (χ0v) is 14.9. The molecule has 1 aliphatic carbocycles. The van der Waals surface area contributed by atoms with E-state index in [4.69, 9.17) is 4.74 Å². The van der Waals surface area contributed by atoms with Gasteiger partial charge in [-0.2, -0.15) is 0 Å². The molecule has 0 spiro atoms. The van der Waals surface area contributed by atoms with E-state index < -0.39 is 0 Å². The number of methoxy groups -OCH3 is 1. The highest BCUT2D eigenvalue weighted by molar-refractivity contribution is 5.85. The molecule has 1 aliphatic heterocycles. The molecular weight excluding hydrogens is 319 g/mol. The van der Waals surface area contributed by atoms with E-state index in [1.54, 1.807) is 7.11 Å². The smallest absolute Gasteiger partial charge is 0.118 e. The Kier molecular flexibility index (Phi) is 8.55. The van der Waals surface area contributed by atoms with E-state index in [2.05, 4.69) is 34.5 Å². The van der Waals surface area contributed by atoms with E-state index >= 15 is 0 Å². The van der Waals surface area contributed by atoms with E-state index in [-0.39, 0.29) is 24.8 Å². The molecule has 2 aliphatic rings. The maximum Gasteiger partial charge on any atom is 0.118 e. The van der Waals surface area contributed by atoms with Crippen LogP contribution in [0.5, 0.6) is 5.75 Å². The SMILES string of the molecule is COc1ccc([C@H](C2CCCC2)N2CCNCC2)cc1.Cl.Cl. The van der Waals surface area contributed by atoms with Gasteiger partial charge < -0.3 is 10.1 Å². The molecule has 0 amide bonds. The second-order valence-corrected chi connectivity index (χ2v) is 6.05. The molecule has 5 heteroatoms. The predicted octanol–water partition coefficient (Wildman–Crippen LogP) is 3.68. The van der Waals surface area contributed by atoms with Gasteiger partial charge in [0.15, 0.2) is 0 Å². The molecular formula is C17H28Cl2N2O. The summed E-state index contributed by atoms with van der Waals surface area (Å²) in [4.78, 5) is 2.69. The molecule has 0 bridgehead atoms. The van der Waals surface area contributed by atoms with Crippen molar-refractivity contribution in [2.24, 2.45) is 5.92 Å². The molecule has 0 aromatic heterocycles. The Morgan fingerprint density at radius 2 is 1.64 bits per heavy atom. The van der Waals surface area contributed by atoms with Crippen LogP contribution in [-0.2, 0) is 0 Å². The largest absolute Gasteiger partial charge is 0.497 e. The van der Waals surface area contributed by atoms with Crippen molar-refractivity contribution < 1.29 is 4.74 Å². The van der Waals surface area contributed by atoms with Gasteiger partial charge in [0.25, 0.3) is 0 Å². The Hall–Kier alpha value is -0.480. The van der Waals surface area contributed by atoms with Gasteiger partial charge in [0, 0.05) is 32.2 Å². The molecule has 1 saturated heterocycles. The van der Waals surface area contributed by atoms with Crippen molar-refractivity contribution in [2.75, 3.05) is 33.3 Å². The van der Waals surface area contributed by atoms with Crippen molar-refractivity contribution in [3.63, 3.8) is 0 Å². The van der Waals surface area contributed by atoms with Crippen molar-refractivity contribution in [2.45, 2.75) is 31.7 Å². The molecule has 2 fully saturated rings. The average molecular weight is 347 g/mol. The van der Waals surface area contributed by atoms with E-state index in [0.29, 0.717) is 6.04 Å². The third kappa shape index (κ3) is 4.51. The van der Waals surface area contributed by atoms with Crippen LogP contribution >= 0.6 is 24.8 Å². The second-order valence-electron chi connectivity index (χ2n) is 6.05. The van der Waals surface area contributed by atoms with E-state index in [9.17, 15) is 0 Å². The molecule has 1 saturated carbocycles. The fourth-order valence-electron chi connectivity index (χ4n) is 3.82. The Balaban J connectivity index is 0.00000121. The van der Waals surface area contributed by atoms with Gasteiger partial charge in [-0.3, -0.25) is 4.90 Å². The van der Waals surface area contributed by atoms with Crippen LogP contribution in [0.15, 0.2) is 24.3 Å². The van der Waals surface area contributed by atoms with Gasteiger partial charge in [-0.1, -0.05) is 25.0 Å². The standard InChI is InChI=1S/C17H26N2O.2ClH/c1-20-16-8-6-15(7-9-16)17(14-4-2-3-5-14)19-12-10-18-11-13-19;;/h6-9,14,17-18H,2-5,10-13H2,1H3;2*1H/t17-;;/m0../s1. The minimum Gasteiger partial charge on any atom is -0.497 e. The second kappa shape index (κ2) is 9.61. The molecule has 0 radical (unpaired) electrons. The molecule has 1 aromatic rings. The number of hydrogen-bond donors (Lipinski definition) is 1. The Morgan fingerprint density at radius 3 is 2.18 bits per heavy atom. The van der Waals surface area contributed by atoms with Crippen molar-refractivity contribution in [3.8, 4) is 5.75 Å². The van der Waals surface area contributed by atoms with Gasteiger partial charge in [0.2, 0.25) is 0 Å². The van der Waals surface area contributed by atoms with Gasteiger partial charge in [0.1, 0.15) is 5.75 Å². The fraction of sp³-hybridized carbons (Fsp3) is 0.647. The zero-order chi connectivity index (χ0) is 13.8. The van der Waals surface area contributed by atoms with Crippen LogP contribution in [-0.4, -0.2) is 38.2 Å². The first-order valence-electron chi connectivity index (χ1n) is 7.97. The maximum absolute atomic E-state index is 5.30. The highest BCUT2D eigenvalue weighted by Gasteiger charge is 2.31. The van der Waals surface area contributed by atoms with E-state index in [1.165, 1.54) is 44.3 Å². The Bertz CT molecular complexity index is 415. The van der Waals surface area contributed by atoms with Gasteiger partial charge >= 0.3 is 0 Å². The van der Waals surface area contributed by atoms with Gasteiger partial charge in [-0.25, -0.2) is 0 Å². The van der Waals surface area contributed by atoms with Crippen LogP contribution in [0.1, 0.15) is 37.3 Å². The number of nitrogens with one attached hydrogen (secondary N) is 1. The molecule has 126 valence electrons. The lowest BCUT2D eigenvalue weighted by atomic mass is 9.89. The summed E-state index contributed by atoms with van der Waals surface area (Å²) < 4.78 is 5.30. The number of ether oxygens (including phenoxy) is 1. The first-order valence-corrected chi connectivity index (χ1v) is 7.97. The average Bonchev–Trinajstić information content (AvgIpc) is 3.03. The van der Waals surface area contributed by atoms with Crippen molar-refractivity contribution in [1.29, 1.82) is 0 Å². The summed E-state index contributed by atoms with van der Waals surface area (Å²) in [6, 6.07) is 9.36. The summed E-state index contributed by atoms with van der Waals surface area (Å²) in [7, 11) is 1.74. The quantitative estimate of drug-likeness (QED) is 0.899. The molecule has 3 rings (SSSR count). The van der Waals surface area contributed by atoms with Crippen LogP contribution in [0.3, 0.4) is 0 Å². The normalized spacial score (nSPS) is 20.8. The number of piperazine rings is 1. The van der Waals surface area contributed by atoms with Crippen LogP contribution < -0.4 is 10.1 Å². The van der Waals surface area contributed by atoms with Crippen LogP contribution in [0, 0.1) is 5.92 Å². The highest BCUT2D eigenvalue weighted by atomic mass is 35.5. The lowest BCUT2D eigenvalue weighted by molar-refractivity contribution is 0.125. The minimum atomic E-state index is 0. The van der Waals surface area contributed by atoms with Crippen molar-refractivity contribution in [1.82, 2.24) is 10.2 Å². The summed E-state index contributed by atoms with van der Waals surface area (Å²) >= 11 is 0. The highest BCUT2D eigenvalue weighted by Crippen LogP contribution is 2.39. The predicted molar refractivity (Wildman–Crippen MR) is 96.6 cm³/mol. The Morgan fingerprint density at radius 1 is 1.05 bits per heavy atom. The molecule has 1 aromatic carbocycles. The van der Waals surface area contributed by atoms with Crippen LogP contribution in [0.4, 0.5) is 0 Å². The molecule has 22 heavy (non-hydrogen) atoms. The van der Waals surface area contributed by atoms with Gasteiger partial charge in [0.05, 0.1) is 7.11 Å². The number of nitrogens with zero attached hydrogens (tertiary/aromatic N) is 1. The summed E-state index contributed by atoms with van der Waals surface area (Å²) in [6.07, 6.45) is 5.59. The minimum absolute atomic E-state index is 0. The Labute approximate surface area is 146 Å². The zero-order valence-electron chi connectivity index (χ0n) is 13.3. The summed E-state index contributed by atoms with van der Waals surface area (Å²) in [5.41, 5.74) is 1.47. The first kappa shape index (κ1) is 19.6.